The molecule has 0 bridgehead atoms. The van der Waals surface area contributed by atoms with Crippen molar-refractivity contribution in [3.63, 3.8) is 0 Å². The van der Waals surface area contributed by atoms with Gasteiger partial charge in [0.05, 0.1) is 12.5 Å². The Balaban J connectivity index is 1.50. The van der Waals surface area contributed by atoms with E-state index in [2.05, 4.69) is 55.0 Å². The van der Waals surface area contributed by atoms with Crippen molar-refractivity contribution in [3.8, 4) is 5.88 Å². The number of amides is 1. The molecule has 0 unspecified atom stereocenters. The first kappa shape index (κ1) is 21.3. The summed E-state index contributed by atoms with van der Waals surface area (Å²) in [6, 6.07) is 8.99. The molecule has 4 rings (SSSR count). The summed E-state index contributed by atoms with van der Waals surface area (Å²) in [5.41, 5.74) is 6.59. The van der Waals surface area contributed by atoms with E-state index in [0.29, 0.717) is 24.6 Å². The zero-order valence-electron chi connectivity index (χ0n) is 19.4. The number of aromatic nitrogens is 3. The van der Waals surface area contributed by atoms with Gasteiger partial charge in [-0.2, -0.15) is 0 Å². The van der Waals surface area contributed by atoms with Crippen LogP contribution >= 0.6 is 0 Å². The second-order valence-electron chi connectivity index (χ2n) is 8.87. The lowest BCUT2D eigenvalue weighted by molar-refractivity contribution is -0.131. The van der Waals surface area contributed by atoms with Crippen molar-refractivity contribution in [1.29, 1.82) is 0 Å². The van der Waals surface area contributed by atoms with Crippen LogP contribution in [0.4, 0.5) is 0 Å². The van der Waals surface area contributed by atoms with Crippen molar-refractivity contribution in [2.75, 3.05) is 13.7 Å². The number of ether oxygens (including phenoxy) is 1. The maximum absolute atomic E-state index is 13.1. The maximum atomic E-state index is 13.1. The fourth-order valence-corrected chi connectivity index (χ4v) is 4.94. The molecule has 1 aromatic carbocycles. The van der Waals surface area contributed by atoms with Crippen LogP contribution in [-0.2, 0) is 18.3 Å². The van der Waals surface area contributed by atoms with Gasteiger partial charge in [-0.15, -0.1) is 5.10 Å². The highest BCUT2D eigenvalue weighted by atomic mass is 16.5. The molecular formula is C25H32N4O2. The van der Waals surface area contributed by atoms with Crippen molar-refractivity contribution < 1.29 is 9.53 Å². The number of hydrogen-bond donors (Lipinski definition) is 0. The minimum absolute atomic E-state index is 0.221. The first-order valence-corrected chi connectivity index (χ1v) is 11.0. The van der Waals surface area contributed by atoms with E-state index in [9.17, 15) is 4.79 Å². The number of hydrogen-bond acceptors (Lipinski definition) is 4. The average molecular weight is 421 g/mol. The Kier molecular flexibility index (Phi) is 5.73. The van der Waals surface area contributed by atoms with Gasteiger partial charge in [-0.3, -0.25) is 4.79 Å². The second kappa shape index (κ2) is 8.33. The minimum Gasteiger partial charge on any atom is -0.479 e. The Labute approximate surface area is 184 Å². The number of aryl methyl sites for hydroxylation is 4. The molecule has 0 saturated carbocycles. The van der Waals surface area contributed by atoms with Gasteiger partial charge < -0.3 is 9.64 Å². The Morgan fingerprint density at radius 2 is 1.90 bits per heavy atom. The Hall–Kier alpha value is -2.89. The molecule has 0 spiro atoms. The molecule has 6 heteroatoms. The summed E-state index contributed by atoms with van der Waals surface area (Å²) in [6.07, 6.45) is 2.19. The van der Waals surface area contributed by atoms with Crippen molar-refractivity contribution in [3.05, 3.63) is 52.2 Å². The molecule has 1 saturated heterocycles. The van der Waals surface area contributed by atoms with Gasteiger partial charge in [0.1, 0.15) is 0 Å². The van der Waals surface area contributed by atoms with Gasteiger partial charge >= 0.3 is 0 Å². The summed E-state index contributed by atoms with van der Waals surface area (Å²) in [6.45, 7) is 9.16. The summed E-state index contributed by atoms with van der Waals surface area (Å²) >= 11 is 0. The minimum atomic E-state index is 0.221. The molecule has 0 aliphatic carbocycles. The lowest BCUT2D eigenvalue weighted by Gasteiger charge is -2.22. The van der Waals surface area contributed by atoms with Crippen molar-refractivity contribution in [2.45, 2.75) is 58.9 Å². The van der Waals surface area contributed by atoms with Gasteiger partial charge in [-0.25, -0.2) is 9.67 Å². The van der Waals surface area contributed by atoms with Gasteiger partial charge in [0.15, 0.2) is 5.65 Å². The zero-order valence-corrected chi connectivity index (χ0v) is 19.4. The molecule has 31 heavy (non-hydrogen) atoms. The molecule has 3 aromatic rings. The van der Waals surface area contributed by atoms with Crippen LogP contribution in [0.15, 0.2) is 24.3 Å². The Morgan fingerprint density at radius 1 is 1.19 bits per heavy atom. The van der Waals surface area contributed by atoms with E-state index in [1.165, 1.54) is 11.1 Å². The monoisotopic (exact) mass is 420 g/mol. The number of carbonyl (C=O) groups is 1. The van der Waals surface area contributed by atoms with E-state index >= 15 is 0 Å². The number of pyridine rings is 1. The van der Waals surface area contributed by atoms with Gasteiger partial charge in [0.25, 0.3) is 0 Å². The number of likely N-dealkylation sites (tertiary alicyclic amines) is 1. The molecule has 2 aromatic heterocycles. The highest BCUT2D eigenvalue weighted by Gasteiger charge is 2.33. The third-order valence-electron chi connectivity index (χ3n) is 6.75. The quantitative estimate of drug-likeness (QED) is 0.619. The van der Waals surface area contributed by atoms with Crippen molar-refractivity contribution >= 4 is 16.9 Å². The molecule has 1 aliphatic rings. The molecule has 0 N–H and O–H groups in total. The lowest BCUT2D eigenvalue weighted by Crippen LogP contribution is -2.34. The SMILES string of the molecule is COc1nn(C)c2nc(C)c(CCC(=O)N3C[C@@H](c4ccc(C)cc4)C[C@H]3C)c(C)c12. The standard InChI is InChI=1S/C25H32N4O2/c1-15-7-9-19(10-8-15)20-13-16(2)29(14-20)22(30)12-11-21-17(3)23-24(26-18(21)4)28(5)27-25(23)31-6/h7-10,16,20H,11-14H2,1-6H3/t16-,20+/m1/s1. The fourth-order valence-electron chi connectivity index (χ4n) is 4.94. The van der Waals surface area contributed by atoms with Gasteiger partial charge in [-0.1, -0.05) is 29.8 Å². The van der Waals surface area contributed by atoms with Crippen LogP contribution in [0.3, 0.4) is 0 Å². The normalized spacial score (nSPS) is 18.7. The van der Waals surface area contributed by atoms with Gasteiger partial charge in [0, 0.05) is 37.7 Å². The Morgan fingerprint density at radius 3 is 2.58 bits per heavy atom. The van der Waals surface area contributed by atoms with Crippen molar-refractivity contribution in [2.24, 2.45) is 7.05 Å². The van der Waals surface area contributed by atoms with Crippen LogP contribution in [-0.4, -0.2) is 45.3 Å². The Bertz CT molecular complexity index is 1120. The largest absolute Gasteiger partial charge is 0.479 e. The topological polar surface area (TPSA) is 60.2 Å². The number of fused-ring (bicyclic) bond motifs is 1. The zero-order chi connectivity index (χ0) is 22.3. The smallest absolute Gasteiger partial charge is 0.242 e. The molecule has 2 atom stereocenters. The number of methoxy groups -OCH3 is 1. The van der Waals surface area contributed by atoms with Crippen LogP contribution in [0.25, 0.3) is 11.0 Å². The summed E-state index contributed by atoms with van der Waals surface area (Å²) < 4.78 is 7.21. The van der Waals surface area contributed by atoms with E-state index in [1.807, 2.05) is 14.0 Å². The third kappa shape index (κ3) is 3.91. The first-order valence-electron chi connectivity index (χ1n) is 11.0. The summed E-state index contributed by atoms with van der Waals surface area (Å²) in [5.74, 6) is 1.23. The molecule has 1 fully saturated rings. The number of benzene rings is 1. The van der Waals surface area contributed by atoms with Crippen LogP contribution in [0, 0.1) is 20.8 Å². The summed E-state index contributed by atoms with van der Waals surface area (Å²) in [7, 11) is 3.50. The van der Waals surface area contributed by atoms with Crippen LogP contribution in [0.2, 0.25) is 0 Å². The molecule has 6 nitrogen and oxygen atoms in total. The van der Waals surface area contributed by atoms with E-state index in [1.54, 1.807) is 11.8 Å². The van der Waals surface area contributed by atoms with E-state index < -0.39 is 0 Å². The van der Waals surface area contributed by atoms with Gasteiger partial charge in [-0.05, 0) is 57.2 Å². The van der Waals surface area contributed by atoms with E-state index in [-0.39, 0.29) is 11.9 Å². The predicted octanol–water partition coefficient (Wildman–Crippen LogP) is 4.24. The highest BCUT2D eigenvalue weighted by molar-refractivity contribution is 5.86. The molecule has 1 amide bonds. The van der Waals surface area contributed by atoms with Crippen LogP contribution < -0.4 is 4.74 Å². The lowest BCUT2D eigenvalue weighted by atomic mass is 9.96. The number of carbonyl (C=O) groups excluding carboxylic acids is 1. The van der Waals surface area contributed by atoms with Crippen LogP contribution in [0.1, 0.15) is 53.6 Å². The average Bonchev–Trinajstić information content (AvgIpc) is 3.28. The molecule has 1 aliphatic heterocycles. The summed E-state index contributed by atoms with van der Waals surface area (Å²) in [4.78, 5) is 19.9. The van der Waals surface area contributed by atoms with Crippen molar-refractivity contribution in [1.82, 2.24) is 19.7 Å². The summed E-state index contributed by atoms with van der Waals surface area (Å²) in [5, 5.41) is 5.36. The highest BCUT2D eigenvalue weighted by Crippen LogP contribution is 2.33. The second-order valence-corrected chi connectivity index (χ2v) is 8.87. The van der Waals surface area contributed by atoms with Crippen LogP contribution in [0.5, 0.6) is 5.88 Å². The van der Waals surface area contributed by atoms with Gasteiger partial charge in [0.2, 0.25) is 11.8 Å². The molecular weight excluding hydrogens is 388 g/mol. The first-order chi connectivity index (χ1) is 14.8. The molecule has 3 heterocycles. The molecule has 0 radical (unpaired) electrons. The van der Waals surface area contributed by atoms with E-state index in [0.717, 1.165) is 40.8 Å². The fraction of sp³-hybridized carbons (Fsp3) is 0.480. The number of rotatable bonds is 5. The van der Waals surface area contributed by atoms with E-state index in [4.69, 9.17) is 9.72 Å². The third-order valence-corrected chi connectivity index (χ3v) is 6.75. The maximum Gasteiger partial charge on any atom is 0.242 e. The predicted molar refractivity (Wildman–Crippen MR) is 123 cm³/mol. The number of nitrogens with zero attached hydrogens (tertiary/aromatic N) is 4. The molecule has 164 valence electrons.